The summed E-state index contributed by atoms with van der Waals surface area (Å²) in [7, 11) is 2.24. The van der Waals surface area contributed by atoms with Crippen LogP contribution in [0.1, 0.15) is 47.6 Å². The largest absolute Gasteiger partial charge is 0.357 e. The predicted octanol–water partition coefficient (Wildman–Crippen LogP) is 4.41. The number of carbonyl (C=O) groups excluding carboxylic acids is 1. The Morgan fingerprint density at radius 2 is 2.03 bits per heavy atom. The monoisotopic (exact) mass is 444 g/mol. The van der Waals surface area contributed by atoms with E-state index in [-0.39, 0.29) is 12.1 Å². The van der Waals surface area contributed by atoms with Gasteiger partial charge in [-0.15, -0.1) is 23.5 Å². The van der Waals surface area contributed by atoms with Gasteiger partial charge in [-0.05, 0) is 50.9 Å². The fraction of sp³-hybridized carbons (Fsp3) is 0.609. The highest BCUT2D eigenvalue weighted by Crippen LogP contribution is 2.51. The third kappa shape index (κ3) is 3.43. The van der Waals surface area contributed by atoms with E-state index in [1.54, 1.807) is 5.56 Å². The van der Waals surface area contributed by atoms with E-state index in [2.05, 4.69) is 64.0 Å². The smallest absolute Gasteiger partial charge is 0.317 e. The first-order valence-electron chi connectivity index (χ1n) is 11.2. The molecule has 1 aromatic heterocycles. The second kappa shape index (κ2) is 8.32. The van der Waals surface area contributed by atoms with Gasteiger partial charge in [0.1, 0.15) is 0 Å². The zero-order valence-electron chi connectivity index (χ0n) is 18.1. The van der Waals surface area contributed by atoms with Crippen molar-refractivity contribution in [2.75, 3.05) is 38.2 Å². The molecule has 2 amide bonds. The van der Waals surface area contributed by atoms with Crippen LogP contribution in [-0.2, 0) is 6.42 Å². The van der Waals surface area contributed by atoms with Crippen LogP contribution in [0.25, 0.3) is 10.9 Å². The number of urea groups is 1. The Kier molecular flexibility index (Phi) is 5.71. The Balaban J connectivity index is 1.46. The molecule has 7 heteroatoms. The Hall–Kier alpha value is -1.31. The van der Waals surface area contributed by atoms with E-state index >= 15 is 0 Å². The average Bonchev–Trinajstić information content (AvgIpc) is 3.39. The highest BCUT2D eigenvalue weighted by atomic mass is 32.2. The van der Waals surface area contributed by atoms with Crippen LogP contribution in [0.3, 0.4) is 0 Å². The van der Waals surface area contributed by atoms with Crippen molar-refractivity contribution in [2.45, 2.75) is 49.3 Å². The molecule has 0 bridgehead atoms. The van der Waals surface area contributed by atoms with Crippen LogP contribution in [0.2, 0.25) is 0 Å². The summed E-state index contributed by atoms with van der Waals surface area (Å²) in [5.41, 5.74) is 5.77. The minimum Gasteiger partial charge on any atom is -0.357 e. The van der Waals surface area contributed by atoms with Crippen molar-refractivity contribution in [3.05, 3.63) is 35.0 Å². The molecule has 1 aliphatic carbocycles. The highest BCUT2D eigenvalue weighted by molar-refractivity contribution is 8.19. The molecule has 1 aromatic carbocycles. The van der Waals surface area contributed by atoms with Crippen LogP contribution in [0.15, 0.2) is 18.2 Å². The van der Waals surface area contributed by atoms with E-state index in [1.807, 2.05) is 18.7 Å². The number of nitrogens with one attached hydrogen (secondary N) is 2. The molecule has 3 atom stereocenters. The number of piperidine rings is 1. The summed E-state index contributed by atoms with van der Waals surface area (Å²) >= 11 is 4.16. The fourth-order valence-electron chi connectivity index (χ4n) is 5.66. The molecule has 162 valence electrons. The topological polar surface area (TPSA) is 51.4 Å². The fourth-order valence-corrected chi connectivity index (χ4v) is 8.56. The van der Waals surface area contributed by atoms with E-state index < -0.39 is 0 Å². The normalized spacial score (nSPS) is 26.7. The molecule has 30 heavy (non-hydrogen) atoms. The SMILES string of the molecule is CCN(CC)C(=O)NC1CC2c3cccc4[nH]c(C5SCCS5)c(c34)C[C@H]2N(C)C1. The molecule has 2 saturated heterocycles. The summed E-state index contributed by atoms with van der Waals surface area (Å²) in [5, 5.41) is 4.78. The zero-order chi connectivity index (χ0) is 20.8. The van der Waals surface area contributed by atoms with Crippen molar-refractivity contribution in [3.8, 4) is 0 Å². The van der Waals surface area contributed by atoms with Crippen LogP contribution >= 0.6 is 23.5 Å². The maximum atomic E-state index is 12.7. The minimum atomic E-state index is 0.0748. The summed E-state index contributed by atoms with van der Waals surface area (Å²) in [4.78, 5) is 20.8. The Morgan fingerprint density at radius 3 is 2.77 bits per heavy atom. The molecule has 3 aliphatic rings. The lowest BCUT2D eigenvalue weighted by Gasteiger charge is -2.46. The molecule has 5 nitrogen and oxygen atoms in total. The molecule has 2 unspecified atom stereocenters. The summed E-state index contributed by atoms with van der Waals surface area (Å²) in [6, 6.07) is 7.55. The minimum absolute atomic E-state index is 0.0748. The lowest BCUT2D eigenvalue weighted by atomic mass is 9.73. The number of likely N-dealkylation sites (tertiary alicyclic amines) is 1. The third-order valence-corrected chi connectivity index (χ3v) is 10.2. The Morgan fingerprint density at radius 1 is 1.27 bits per heavy atom. The van der Waals surface area contributed by atoms with Gasteiger partial charge < -0.3 is 20.1 Å². The predicted molar refractivity (Wildman–Crippen MR) is 129 cm³/mol. The standard InChI is InChI=1S/C23H32N4OS2/c1-4-27(5-2)23(28)24-14-11-16-15-7-6-8-18-20(15)17(12-19(16)26(3)13-14)21(25-18)22-29-9-10-30-22/h6-8,14,16,19,22,25H,4-5,9-13H2,1-3H3,(H,24,28)/t14?,16?,19-/m1/s1. The van der Waals surface area contributed by atoms with E-state index in [0.29, 0.717) is 16.5 Å². The van der Waals surface area contributed by atoms with Gasteiger partial charge in [0, 0.05) is 65.7 Å². The number of benzene rings is 1. The highest BCUT2D eigenvalue weighted by Gasteiger charge is 2.41. The number of amides is 2. The van der Waals surface area contributed by atoms with E-state index in [9.17, 15) is 4.79 Å². The van der Waals surface area contributed by atoms with Gasteiger partial charge in [-0.1, -0.05) is 12.1 Å². The van der Waals surface area contributed by atoms with Gasteiger partial charge >= 0.3 is 6.03 Å². The van der Waals surface area contributed by atoms with E-state index in [0.717, 1.165) is 32.5 Å². The van der Waals surface area contributed by atoms with Crippen LogP contribution < -0.4 is 5.32 Å². The first kappa shape index (κ1) is 20.6. The third-order valence-electron chi connectivity index (χ3n) is 7.12. The van der Waals surface area contributed by atoms with Crippen LogP contribution in [0.5, 0.6) is 0 Å². The molecular weight excluding hydrogens is 412 g/mol. The molecular formula is C23H32N4OS2. The van der Waals surface area contributed by atoms with Gasteiger partial charge in [-0.25, -0.2) is 4.79 Å². The zero-order valence-corrected chi connectivity index (χ0v) is 19.7. The Bertz CT molecular complexity index is 935. The number of aromatic nitrogens is 1. The van der Waals surface area contributed by atoms with Gasteiger partial charge in [-0.2, -0.15) is 0 Å². The van der Waals surface area contributed by atoms with E-state index in [4.69, 9.17) is 0 Å². The first-order valence-corrected chi connectivity index (χ1v) is 13.3. The van der Waals surface area contributed by atoms with Gasteiger partial charge in [0.05, 0.1) is 4.58 Å². The van der Waals surface area contributed by atoms with Crippen LogP contribution in [-0.4, -0.2) is 71.1 Å². The lowest BCUT2D eigenvalue weighted by molar-refractivity contribution is 0.124. The van der Waals surface area contributed by atoms with Crippen molar-refractivity contribution in [1.82, 2.24) is 20.1 Å². The molecule has 3 heterocycles. The van der Waals surface area contributed by atoms with Crippen LogP contribution in [0, 0.1) is 0 Å². The van der Waals surface area contributed by atoms with Crippen molar-refractivity contribution >= 4 is 40.5 Å². The number of hydrogen-bond donors (Lipinski definition) is 2. The van der Waals surface area contributed by atoms with Crippen molar-refractivity contribution in [2.24, 2.45) is 0 Å². The number of thioether (sulfide) groups is 2. The molecule has 2 fully saturated rings. The Labute approximate surface area is 187 Å². The van der Waals surface area contributed by atoms with Crippen molar-refractivity contribution < 1.29 is 4.79 Å². The van der Waals surface area contributed by atoms with Gasteiger partial charge in [0.15, 0.2) is 0 Å². The number of likely N-dealkylation sites (N-methyl/N-ethyl adjacent to an activating group) is 1. The second-order valence-corrected chi connectivity index (χ2v) is 11.5. The number of nitrogens with zero attached hydrogens (tertiary/aromatic N) is 2. The quantitative estimate of drug-likeness (QED) is 0.733. The van der Waals surface area contributed by atoms with Crippen LogP contribution in [0.4, 0.5) is 4.79 Å². The maximum absolute atomic E-state index is 12.7. The molecule has 0 spiro atoms. The van der Waals surface area contributed by atoms with E-state index in [1.165, 1.54) is 33.7 Å². The number of H-pyrrole nitrogens is 1. The molecule has 0 saturated carbocycles. The number of aromatic amines is 1. The molecule has 2 aromatic rings. The summed E-state index contributed by atoms with van der Waals surface area (Å²) in [5.74, 6) is 2.96. The average molecular weight is 445 g/mol. The van der Waals surface area contributed by atoms with Gasteiger partial charge in [0.25, 0.3) is 0 Å². The maximum Gasteiger partial charge on any atom is 0.317 e. The second-order valence-electron chi connectivity index (χ2n) is 8.73. The lowest BCUT2D eigenvalue weighted by Crippen LogP contribution is -2.56. The van der Waals surface area contributed by atoms with Crippen molar-refractivity contribution in [1.29, 1.82) is 0 Å². The molecule has 0 radical (unpaired) electrons. The molecule has 2 N–H and O–H groups in total. The number of rotatable bonds is 4. The summed E-state index contributed by atoms with van der Waals surface area (Å²) in [6.07, 6.45) is 2.13. The number of carbonyl (C=O) groups is 1. The number of fused-ring (bicyclic) bond motifs is 2. The molecule has 5 rings (SSSR count). The first-order chi connectivity index (χ1) is 14.6. The van der Waals surface area contributed by atoms with Crippen molar-refractivity contribution in [3.63, 3.8) is 0 Å². The van der Waals surface area contributed by atoms with Gasteiger partial charge in [0.2, 0.25) is 0 Å². The van der Waals surface area contributed by atoms with Gasteiger partial charge in [-0.3, -0.25) is 0 Å². The molecule has 2 aliphatic heterocycles. The number of hydrogen-bond acceptors (Lipinski definition) is 4. The summed E-state index contributed by atoms with van der Waals surface area (Å²) < 4.78 is 0.548. The summed E-state index contributed by atoms with van der Waals surface area (Å²) in [6.45, 7) is 6.51.